The highest BCUT2D eigenvalue weighted by Crippen LogP contribution is 2.20. The summed E-state index contributed by atoms with van der Waals surface area (Å²) >= 11 is 5.95. The number of carboxylic acids is 1. The first-order valence-corrected chi connectivity index (χ1v) is 7.29. The third-order valence-electron chi connectivity index (χ3n) is 3.24. The third-order valence-corrected chi connectivity index (χ3v) is 3.57. The Balaban J connectivity index is 2.46. The van der Waals surface area contributed by atoms with Crippen molar-refractivity contribution in [1.29, 1.82) is 0 Å². The standard InChI is InChI=1S/C15H21ClN2O3/c1-3-9-15(2,14(20)21)17-10-8-13(19)18-12-7-5-4-6-11(12)16/h4-7,17H,3,8-10H2,1-2H3,(H,18,19)(H,20,21). The van der Waals surface area contributed by atoms with Crippen molar-refractivity contribution in [2.45, 2.75) is 38.6 Å². The summed E-state index contributed by atoms with van der Waals surface area (Å²) in [7, 11) is 0. The second-order valence-corrected chi connectivity index (χ2v) is 5.50. The summed E-state index contributed by atoms with van der Waals surface area (Å²) in [5.41, 5.74) is -0.446. The lowest BCUT2D eigenvalue weighted by Gasteiger charge is -2.25. The third kappa shape index (κ3) is 5.36. The van der Waals surface area contributed by atoms with Crippen LogP contribution in [0.3, 0.4) is 0 Å². The molecule has 3 N–H and O–H groups in total. The molecule has 0 fully saturated rings. The fourth-order valence-electron chi connectivity index (χ4n) is 2.00. The Hall–Kier alpha value is -1.59. The van der Waals surface area contributed by atoms with Gasteiger partial charge in [0.25, 0.3) is 0 Å². The molecular formula is C15H21ClN2O3. The molecule has 0 aliphatic rings. The SMILES string of the molecule is CCCC(C)(NCCC(=O)Nc1ccccc1Cl)C(=O)O. The van der Waals surface area contributed by atoms with Crippen molar-refractivity contribution < 1.29 is 14.7 Å². The highest BCUT2D eigenvalue weighted by atomic mass is 35.5. The molecule has 0 aliphatic carbocycles. The normalized spacial score (nSPS) is 13.5. The van der Waals surface area contributed by atoms with Crippen molar-refractivity contribution in [3.8, 4) is 0 Å². The van der Waals surface area contributed by atoms with Gasteiger partial charge in [-0.25, -0.2) is 0 Å². The molecule has 0 aromatic heterocycles. The van der Waals surface area contributed by atoms with Crippen LogP contribution in [-0.4, -0.2) is 29.1 Å². The van der Waals surface area contributed by atoms with Gasteiger partial charge < -0.3 is 15.7 Å². The van der Waals surface area contributed by atoms with Gasteiger partial charge in [0.15, 0.2) is 0 Å². The average Bonchev–Trinajstić information content (AvgIpc) is 2.41. The number of carbonyl (C=O) groups excluding carboxylic acids is 1. The van der Waals surface area contributed by atoms with Crippen LogP contribution in [-0.2, 0) is 9.59 Å². The van der Waals surface area contributed by atoms with Gasteiger partial charge >= 0.3 is 5.97 Å². The smallest absolute Gasteiger partial charge is 0.323 e. The van der Waals surface area contributed by atoms with Crippen LogP contribution in [0.1, 0.15) is 33.1 Å². The van der Waals surface area contributed by atoms with Crippen LogP contribution < -0.4 is 10.6 Å². The van der Waals surface area contributed by atoms with Gasteiger partial charge in [0, 0.05) is 13.0 Å². The van der Waals surface area contributed by atoms with Crippen LogP contribution in [0.15, 0.2) is 24.3 Å². The summed E-state index contributed by atoms with van der Waals surface area (Å²) in [6, 6.07) is 6.97. The van der Waals surface area contributed by atoms with Crippen LogP contribution in [0.4, 0.5) is 5.69 Å². The minimum atomic E-state index is -1.00. The molecule has 0 aliphatic heterocycles. The summed E-state index contributed by atoms with van der Waals surface area (Å²) in [6.07, 6.45) is 1.44. The molecule has 0 bridgehead atoms. The first kappa shape index (κ1) is 17.5. The zero-order valence-electron chi connectivity index (χ0n) is 12.3. The maximum Gasteiger partial charge on any atom is 0.323 e. The van der Waals surface area contributed by atoms with Gasteiger partial charge in [0.05, 0.1) is 10.7 Å². The van der Waals surface area contributed by atoms with E-state index in [2.05, 4.69) is 10.6 Å². The molecule has 0 saturated heterocycles. The summed E-state index contributed by atoms with van der Waals surface area (Å²) in [6.45, 7) is 3.84. The molecule has 21 heavy (non-hydrogen) atoms. The lowest BCUT2D eigenvalue weighted by molar-refractivity contribution is -0.144. The molecule has 0 radical (unpaired) electrons. The first-order chi connectivity index (χ1) is 9.89. The average molecular weight is 313 g/mol. The van der Waals surface area contributed by atoms with E-state index in [-0.39, 0.29) is 12.3 Å². The molecule has 1 aromatic carbocycles. The Bertz CT molecular complexity index is 507. The summed E-state index contributed by atoms with van der Waals surface area (Å²) in [4.78, 5) is 23.1. The van der Waals surface area contributed by atoms with Crippen molar-refractivity contribution in [2.24, 2.45) is 0 Å². The lowest BCUT2D eigenvalue weighted by Crippen LogP contribution is -2.50. The second-order valence-electron chi connectivity index (χ2n) is 5.09. The number of nitrogens with one attached hydrogen (secondary N) is 2. The number of amides is 1. The number of rotatable bonds is 8. The van der Waals surface area contributed by atoms with E-state index in [0.29, 0.717) is 23.7 Å². The molecule has 0 heterocycles. The van der Waals surface area contributed by atoms with Crippen molar-refractivity contribution in [3.63, 3.8) is 0 Å². The Morgan fingerprint density at radius 1 is 1.33 bits per heavy atom. The number of para-hydroxylation sites is 1. The predicted octanol–water partition coefficient (Wildman–Crippen LogP) is 2.90. The van der Waals surface area contributed by atoms with E-state index in [1.165, 1.54) is 0 Å². The number of hydrogen-bond donors (Lipinski definition) is 3. The zero-order chi connectivity index (χ0) is 15.9. The Kier molecular flexibility index (Phi) is 6.65. The number of anilines is 1. The predicted molar refractivity (Wildman–Crippen MR) is 83.7 cm³/mol. The maximum atomic E-state index is 11.8. The Labute approximate surface area is 129 Å². The summed E-state index contributed by atoms with van der Waals surface area (Å²) in [5, 5.41) is 15.3. The minimum Gasteiger partial charge on any atom is -0.480 e. The van der Waals surface area contributed by atoms with Crippen LogP contribution in [0.2, 0.25) is 5.02 Å². The monoisotopic (exact) mass is 312 g/mol. The molecule has 1 amide bonds. The number of halogens is 1. The van der Waals surface area contributed by atoms with E-state index < -0.39 is 11.5 Å². The van der Waals surface area contributed by atoms with E-state index >= 15 is 0 Å². The number of carbonyl (C=O) groups is 2. The molecule has 1 aromatic rings. The highest BCUT2D eigenvalue weighted by molar-refractivity contribution is 6.33. The van der Waals surface area contributed by atoms with Crippen molar-refractivity contribution in [3.05, 3.63) is 29.3 Å². The lowest BCUT2D eigenvalue weighted by atomic mass is 9.96. The molecular weight excluding hydrogens is 292 g/mol. The van der Waals surface area contributed by atoms with Crippen LogP contribution in [0.5, 0.6) is 0 Å². The van der Waals surface area contributed by atoms with Gasteiger partial charge in [-0.1, -0.05) is 37.1 Å². The quantitative estimate of drug-likeness (QED) is 0.689. The fourth-order valence-corrected chi connectivity index (χ4v) is 2.18. The molecule has 1 rings (SSSR count). The van der Waals surface area contributed by atoms with Gasteiger partial charge in [-0.05, 0) is 25.5 Å². The van der Waals surface area contributed by atoms with Crippen molar-refractivity contribution in [2.75, 3.05) is 11.9 Å². The number of carboxylic acid groups (broad SMARTS) is 1. The number of hydrogen-bond acceptors (Lipinski definition) is 3. The second kappa shape index (κ2) is 8.00. The zero-order valence-corrected chi connectivity index (χ0v) is 13.0. The fraction of sp³-hybridized carbons (Fsp3) is 0.467. The van der Waals surface area contributed by atoms with E-state index in [1.54, 1.807) is 31.2 Å². The van der Waals surface area contributed by atoms with Gasteiger partial charge in [0.2, 0.25) is 5.91 Å². The summed E-state index contributed by atoms with van der Waals surface area (Å²) < 4.78 is 0. The van der Waals surface area contributed by atoms with E-state index in [1.807, 2.05) is 6.92 Å². The van der Waals surface area contributed by atoms with Crippen LogP contribution in [0, 0.1) is 0 Å². The van der Waals surface area contributed by atoms with Gasteiger partial charge in [-0.3, -0.25) is 9.59 Å². The molecule has 1 unspecified atom stereocenters. The van der Waals surface area contributed by atoms with Crippen molar-refractivity contribution >= 4 is 29.2 Å². The molecule has 0 spiro atoms. The van der Waals surface area contributed by atoms with E-state index in [0.717, 1.165) is 6.42 Å². The highest BCUT2D eigenvalue weighted by Gasteiger charge is 2.31. The Morgan fingerprint density at radius 3 is 2.57 bits per heavy atom. The number of aliphatic carboxylic acids is 1. The number of benzene rings is 1. The topological polar surface area (TPSA) is 78.4 Å². The van der Waals surface area contributed by atoms with Gasteiger partial charge in [-0.15, -0.1) is 0 Å². The maximum absolute atomic E-state index is 11.8. The van der Waals surface area contributed by atoms with Crippen LogP contribution in [0.25, 0.3) is 0 Å². The van der Waals surface area contributed by atoms with Crippen LogP contribution >= 0.6 is 11.6 Å². The van der Waals surface area contributed by atoms with Crippen molar-refractivity contribution in [1.82, 2.24) is 5.32 Å². The molecule has 1 atom stereocenters. The molecule has 116 valence electrons. The summed E-state index contributed by atoms with van der Waals surface area (Å²) in [5.74, 6) is -1.12. The van der Waals surface area contributed by atoms with E-state index in [9.17, 15) is 14.7 Å². The Morgan fingerprint density at radius 2 is 2.00 bits per heavy atom. The molecule has 6 heteroatoms. The van der Waals surface area contributed by atoms with E-state index in [4.69, 9.17) is 11.6 Å². The molecule has 5 nitrogen and oxygen atoms in total. The van der Waals surface area contributed by atoms with Gasteiger partial charge in [0.1, 0.15) is 5.54 Å². The minimum absolute atomic E-state index is 0.178. The first-order valence-electron chi connectivity index (χ1n) is 6.92. The molecule has 0 saturated carbocycles. The van der Waals surface area contributed by atoms with Gasteiger partial charge in [-0.2, -0.15) is 0 Å². The largest absolute Gasteiger partial charge is 0.480 e.